The Morgan fingerprint density at radius 2 is 1.87 bits per heavy atom. The molecule has 1 aliphatic rings. The van der Waals surface area contributed by atoms with Crippen LogP contribution in [0.2, 0.25) is 0 Å². The lowest BCUT2D eigenvalue weighted by molar-refractivity contribution is -0.117. The maximum Gasteiger partial charge on any atom is 0.283 e. The smallest absolute Gasteiger partial charge is 0.283 e. The molecule has 1 aromatic carbocycles. The van der Waals surface area contributed by atoms with E-state index in [4.69, 9.17) is 0 Å². The van der Waals surface area contributed by atoms with Crippen molar-refractivity contribution in [3.05, 3.63) is 41.2 Å². The molecule has 0 radical (unpaired) electrons. The summed E-state index contributed by atoms with van der Waals surface area (Å²) in [5.74, 6) is 0.0423. The fourth-order valence-corrected chi connectivity index (χ4v) is 4.41. The normalized spacial score (nSPS) is 15.4. The van der Waals surface area contributed by atoms with Crippen LogP contribution in [0.1, 0.15) is 29.7 Å². The van der Waals surface area contributed by atoms with Gasteiger partial charge in [0.2, 0.25) is 5.91 Å². The van der Waals surface area contributed by atoms with E-state index in [1.807, 2.05) is 6.92 Å². The molecule has 1 aromatic heterocycles. The molecule has 0 saturated carbocycles. The highest BCUT2D eigenvalue weighted by Crippen LogP contribution is 2.33. The summed E-state index contributed by atoms with van der Waals surface area (Å²) in [6.45, 7) is 6.01. The predicted molar refractivity (Wildman–Crippen MR) is 87.1 cm³/mol. The van der Waals surface area contributed by atoms with E-state index >= 15 is 0 Å². The molecule has 0 bridgehead atoms. The van der Waals surface area contributed by atoms with Crippen molar-refractivity contribution in [2.75, 3.05) is 11.4 Å². The van der Waals surface area contributed by atoms with Crippen LogP contribution in [0.3, 0.4) is 0 Å². The number of hydrogen-bond acceptors (Lipinski definition) is 4. The van der Waals surface area contributed by atoms with Gasteiger partial charge in [0, 0.05) is 19.2 Å². The van der Waals surface area contributed by atoms with Gasteiger partial charge < -0.3 is 4.90 Å². The number of aryl methyl sites for hydroxylation is 2. The minimum absolute atomic E-state index is 0.0423. The minimum atomic E-state index is -3.77. The molecule has 0 aliphatic carbocycles. The van der Waals surface area contributed by atoms with Gasteiger partial charge in [-0.3, -0.25) is 4.79 Å². The maximum atomic E-state index is 12.8. The molecule has 1 fully saturated rings. The average Bonchev–Trinajstić information content (AvgIpc) is 3.08. The average molecular weight is 333 g/mol. The monoisotopic (exact) mass is 333 g/mol. The van der Waals surface area contributed by atoms with Gasteiger partial charge in [-0.2, -0.15) is 17.6 Å². The van der Waals surface area contributed by atoms with Gasteiger partial charge in [0.1, 0.15) is 0 Å². The number of carbonyl (C=O) groups is 1. The van der Waals surface area contributed by atoms with Gasteiger partial charge in [-0.15, -0.1) is 0 Å². The van der Waals surface area contributed by atoms with Crippen LogP contribution in [-0.4, -0.2) is 30.1 Å². The molecule has 1 amide bonds. The van der Waals surface area contributed by atoms with E-state index < -0.39 is 10.0 Å². The maximum absolute atomic E-state index is 12.8. The lowest BCUT2D eigenvalue weighted by Crippen LogP contribution is -2.26. The third-order valence-electron chi connectivity index (χ3n) is 4.15. The molecule has 1 aliphatic heterocycles. The zero-order valence-corrected chi connectivity index (χ0v) is 14.2. The minimum Gasteiger partial charge on any atom is -0.312 e. The van der Waals surface area contributed by atoms with E-state index in [0.717, 1.165) is 16.1 Å². The van der Waals surface area contributed by atoms with Crippen LogP contribution in [0, 0.1) is 20.8 Å². The Hall–Kier alpha value is -2.15. The Labute approximate surface area is 135 Å². The van der Waals surface area contributed by atoms with Crippen molar-refractivity contribution in [2.45, 2.75) is 38.5 Å². The summed E-state index contributed by atoms with van der Waals surface area (Å²) >= 11 is 0. The van der Waals surface area contributed by atoms with Crippen LogP contribution in [0.25, 0.3) is 0 Å². The topological polar surface area (TPSA) is 72.3 Å². The number of rotatable bonds is 3. The number of anilines is 1. The lowest BCUT2D eigenvalue weighted by atomic mass is 10.1. The standard InChI is InChI=1S/C16H19N3O3S/c1-11-6-7-14(23(21,22)19-10-8-12(2)17-19)13(3)16(11)18-9-4-5-15(18)20/h6-8,10H,4-5,9H2,1-3H3. The fraction of sp³-hybridized carbons (Fsp3) is 0.375. The van der Waals surface area contributed by atoms with Crippen LogP contribution in [0.4, 0.5) is 5.69 Å². The third kappa shape index (κ3) is 2.55. The Morgan fingerprint density at radius 1 is 1.13 bits per heavy atom. The molecule has 1 saturated heterocycles. The summed E-state index contributed by atoms with van der Waals surface area (Å²) in [6.07, 6.45) is 2.74. The summed E-state index contributed by atoms with van der Waals surface area (Å²) in [6, 6.07) is 4.98. The summed E-state index contributed by atoms with van der Waals surface area (Å²) in [4.78, 5) is 13.9. The van der Waals surface area contributed by atoms with Crippen LogP contribution in [0.15, 0.2) is 29.3 Å². The van der Waals surface area contributed by atoms with Crippen molar-refractivity contribution in [3.63, 3.8) is 0 Å². The second-order valence-corrected chi connectivity index (χ2v) is 7.60. The highest BCUT2D eigenvalue weighted by Gasteiger charge is 2.28. The number of hydrogen-bond donors (Lipinski definition) is 0. The second kappa shape index (κ2) is 5.49. The van der Waals surface area contributed by atoms with Crippen LogP contribution >= 0.6 is 0 Å². The molecule has 2 heterocycles. The van der Waals surface area contributed by atoms with Gasteiger partial charge in [-0.05, 0) is 50.5 Å². The van der Waals surface area contributed by atoms with E-state index in [-0.39, 0.29) is 10.8 Å². The third-order valence-corrected chi connectivity index (χ3v) is 5.84. The Morgan fingerprint density at radius 3 is 2.43 bits per heavy atom. The predicted octanol–water partition coefficient (Wildman–Crippen LogP) is 2.17. The first kappa shape index (κ1) is 15.7. The molecule has 0 unspecified atom stereocenters. The first-order valence-corrected chi connectivity index (χ1v) is 8.95. The van der Waals surface area contributed by atoms with Crippen molar-refractivity contribution in [1.29, 1.82) is 0 Å². The molecule has 3 rings (SSSR count). The summed E-state index contributed by atoms with van der Waals surface area (Å²) < 4.78 is 26.6. The molecule has 0 N–H and O–H groups in total. The summed E-state index contributed by atoms with van der Waals surface area (Å²) in [5.41, 5.74) is 2.83. The van der Waals surface area contributed by atoms with Gasteiger partial charge in [-0.1, -0.05) is 6.07 Å². The highest BCUT2D eigenvalue weighted by atomic mass is 32.2. The molecule has 0 atom stereocenters. The molecule has 6 nitrogen and oxygen atoms in total. The van der Waals surface area contributed by atoms with Crippen LogP contribution in [0.5, 0.6) is 0 Å². The second-order valence-electron chi connectivity index (χ2n) is 5.84. The first-order chi connectivity index (χ1) is 10.8. The van der Waals surface area contributed by atoms with E-state index in [9.17, 15) is 13.2 Å². The van der Waals surface area contributed by atoms with E-state index in [1.165, 1.54) is 6.20 Å². The van der Waals surface area contributed by atoms with Crippen LogP contribution < -0.4 is 4.90 Å². The zero-order chi connectivity index (χ0) is 16.8. The van der Waals surface area contributed by atoms with Gasteiger partial charge in [0.25, 0.3) is 10.0 Å². The number of nitrogens with zero attached hydrogens (tertiary/aromatic N) is 3. The molecule has 122 valence electrons. The Kier molecular flexibility index (Phi) is 3.75. The van der Waals surface area contributed by atoms with Crippen LogP contribution in [-0.2, 0) is 14.8 Å². The van der Waals surface area contributed by atoms with E-state index in [0.29, 0.717) is 29.9 Å². The van der Waals surface area contributed by atoms with E-state index in [1.54, 1.807) is 36.9 Å². The van der Waals surface area contributed by atoms with Gasteiger partial charge >= 0.3 is 0 Å². The zero-order valence-electron chi connectivity index (χ0n) is 13.4. The Balaban J connectivity index is 2.17. The molecule has 23 heavy (non-hydrogen) atoms. The molecule has 0 spiro atoms. The number of aromatic nitrogens is 2. The SMILES string of the molecule is Cc1ccn(S(=O)(=O)c2ccc(C)c(N3CCCC3=O)c2C)n1. The number of amides is 1. The largest absolute Gasteiger partial charge is 0.312 e. The fourth-order valence-electron chi connectivity index (χ4n) is 3.02. The number of benzene rings is 1. The van der Waals surface area contributed by atoms with Crippen molar-refractivity contribution in [3.8, 4) is 0 Å². The molecular weight excluding hydrogens is 314 g/mol. The summed E-state index contributed by atoms with van der Waals surface area (Å²) in [5, 5.41) is 4.01. The molecule has 2 aromatic rings. The van der Waals surface area contributed by atoms with Crippen molar-refractivity contribution in [2.24, 2.45) is 0 Å². The van der Waals surface area contributed by atoms with Gasteiger partial charge in [-0.25, -0.2) is 0 Å². The van der Waals surface area contributed by atoms with Crippen molar-refractivity contribution < 1.29 is 13.2 Å². The lowest BCUT2D eigenvalue weighted by Gasteiger charge is -2.22. The van der Waals surface area contributed by atoms with Crippen molar-refractivity contribution in [1.82, 2.24) is 9.19 Å². The summed E-state index contributed by atoms with van der Waals surface area (Å²) in [7, 11) is -3.77. The highest BCUT2D eigenvalue weighted by molar-refractivity contribution is 7.89. The van der Waals surface area contributed by atoms with Crippen molar-refractivity contribution >= 4 is 21.6 Å². The first-order valence-electron chi connectivity index (χ1n) is 7.51. The quantitative estimate of drug-likeness (QED) is 0.863. The molecule has 7 heteroatoms. The van der Waals surface area contributed by atoms with Gasteiger partial charge in [0.05, 0.1) is 16.3 Å². The Bertz CT molecular complexity index is 884. The molecular formula is C16H19N3O3S. The van der Waals surface area contributed by atoms with Gasteiger partial charge in [0.15, 0.2) is 0 Å². The van der Waals surface area contributed by atoms with E-state index in [2.05, 4.69) is 5.10 Å². The number of carbonyl (C=O) groups excluding carboxylic acids is 1.